The van der Waals surface area contributed by atoms with Gasteiger partial charge >= 0.3 is 0 Å². The van der Waals surface area contributed by atoms with Crippen molar-refractivity contribution in [3.8, 4) is 5.75 Å². The number of rotatable bonds is 4. The highest BCUT2D eigenvalue weighted by molar-refractivity contribution is 5.78. The minimum absolute atomic E-state index is 0.0890. The zero-order valence-corrected chi connectivity index (χ0v) is 15.2. The number of amides is 1. The molecule has 0 unspecified atom stereocenters. The van der Waals surface area contributed by atoms with Gasteiger partial charge in [0.2, 0.25) is 0 Å². The quantitative estimate of drug-likeness (QED) is 0.848. The normalized spacial score (nSPS) is 16.9. The van der Waals surface area contributed by atoms with E-state index in [2.05, 4.69) is 35.2 Å². The second-order valence-corrected chi connectivity index (χ2v) is 7.09. The van der Waals surface area contributed by atoms with Crippen LogP contribution in [0.2, 0.25) is 0 Å². The fourth-order valence-corrected chi connectivity index (χ4v) is 3.97. The largest absolute Gasteiger partial charge is 0.483 e. The summed E-state index contributed by atoms with van der Waals surface area (Å²) in [7, 11) is 0. The van der Waals surface area contributed by atoms with E-state index in [1.54, 1.807) is 0 Å². The van der Waals surface area contributed by atoms with Crippen LogP contribution >= 0.6 is 0 Å². The Labute approximate surface area is 155 Å². The lowest BCUT2D eigenvalue weighted by Crippen LogP contribution is -2.50. The van der Waals surface area contributed by atoms with Crippen LogP contribution in [-0.4, -0.2) is 43.6 Å². The molecule has 1 saturated heterocycles. The molecule has 1 amide bonds. The highest BCUT2D eigenvalue weighted by atomic mass is 16.5. The summed E-state index contributed by atoms with van der Waals surface area (Å²) < 4.78 is 5.93. The predicted octanol–water partition coefficient (Wildman–Crippen LogP) is 3.29. The highest BCUT2D eigenvalue weighted by Gasteiger charge is 2.22. The van der Waals surface area contributed by atoms with Crippen LogP contribution in [0.1, 0.15) is 24.0 Å². The molecule has 4 heteroatoms. The van der Waals surface area contributed by atoms with Crippen molar-refractivity contribution in [1.29, 1.82) is 0 Å². The summed E-state index contributed by atoms with van der Waals surface area (Å²) in [4.78, 5) is 16.8. The fraction of sp³-hybridized carbons (Fsp3) is 0.409. The minimum atomic E-state index is 0.0890. The van der Waals surface area contributed by atoms with Gasteiger partial charge in [0.25, 0.3) is 5.91 Å². The first kappa shape index (κ1) is 17.0. The molecular weight excluding hydrogens is 324 g/mol. The third-order valence-electron chi connectivity index (χ3n) is 5.46. The van der Waals surface area contributed by atoms with Crippen molar-refractivity contribution in [1.82, 2.24) is 4.90 Å². The molecule has 1 aliphatic carbocycles. The van der Waals surface area contributed by atoms with Crippen LogP contribution in [0.15, 0.2) is 48.5 Å². The second kappa shape index (κ2) is 7.81. The second-order valence-electron chi connectivity index (χ2n) is 7.09. The van der Waals surface area contributed by atoms with Gasteiger partial charge in [-0.25, -0.2) is 0 Å². The molecule has 0 saturated carbocycles. The maximum absolute atomic E-state index is 12.6. The molecule has 2 aliphatic rings. The fourth-order valence-electron chi connectivity index (χ4n) is 3.97. The van der Waals surface area contributed by atoms with Gasteiger partial charge in [-0.15, -0.1) is 0 Å². The standard InChI is InChI=1S/C22H26N2O2/c25-22(17-26-21-12-6-8-18-7-4-5-11-20(18)21)24-15-13-23(14-16-24)19-9-2-1-3-10-19/h1-3,6,8-10,12H,4-5,7,11,13-17H2. The highest BCUT2D eigenvalue weighted by Crippen LogP contribution is 2.29. The number of carbonyl (C=O) groups excluding carboxylic acids is 1. The average Bonchev–Trinajstić information content (AvgIpc) is 2.73. The Kier molecular flexibility index (Phi) is 5.09. The zero-order valence-electron chi connectivity index (χ0n) is 15.2. The van der Waals surface area contributed by atoms with Crippen molar-refractivity contribution >= 4 is 11.6 Å². The lowest BCUT2D eigenvalue weighted by atomic mass is 9.91. The molecule has 0 spiro atoms. The van der Waals surface area contributed by atoms with E-state index in [-0.39, 0.29) is 12.5 Å². The Bertz CT molecular complexity index is 752. The predicted molar refractivity (Wildman–Crippen MR) is 104 cm³/mol. The third kappa shape index (κ3) is 3.69. The van der Waals surface area contributed by atoms with Gasteiger partial charge in [-0.1, -0.05) is 30.3 Å². The number of fused-ring (bicyclic) bond motifs is 1. The Balaban J connectivity index is 1.31. The SMILES string of the molecule is O=C(COc1cccc2c1CCCC2)N1CCN(c2ccccc2)CC1. The van der Waals surface area contributed by atoms with Crippen LogP contribution in [0.5, 0.6) is 5.75 Å². The molecule has 26 heavy (non-hydrogen) atoms. The van der Waals surface area contributed by atoms with Gasteiger partial charge in [-0.2, -0.15) is 0 Å². The van der Waals surface area contributed by atoms with Crippen LogP contribution < -0.4 is 9.64 Å². The van der Waals surface area contributed by atoms with E-state index in [0.717, 1.165) is 44.8 Å². The molecule has 0 atom stereocenters. The van der Waals surface area contributed by atoms with E-state index >= 15 is 0 Å². The number of aryl methyl sites for hydroxylation is 1. The molecule has 1 fully saturated rings. The molecule has 1 aliphatic heterocycles. The van der Waals surface area contributed by atoms with Crippen LogP contribution in [0.3, 0.4) is 0 Å². The summed E-state index contributed by atoms with van der Waals surface area (Å²) in [5.74, 6) is 0.990. The molecule has 4 rings (SSSR count). The summed E-state index contributed by atoms with van der Waals surface area (Å²) in [6.07, 6.45) is 4.65. The first-order valence-corrected chi connectivity index (χ1v) is 9.62. The van der Waals surface area contributed by atoms with Gasteiger partial charge in [0.05, 0.1) is 0 Å². The van der Waals surface area contributed by atoms with Crippen LogP contribution in [0.25, 0.3) is 0 Å². The molecule has 1 heterocycles. The van der Waals surface area contributed by atoms with E-state index in [9.17, 15) is 4.79 Å². The number of carbonyl (C=O) groups is 1. The van der Waals surface area contributed by atoms with Crippen molar-refractivity contribution in [2.24, 2.45) is 0 Å². The van der Waals surface area contributed by atoms with Crippen molar-refractivity contribution in [3.05, 3.63) is 59.7 Å². The van der Waals surface area contributed by atoms with Crippen LogP contribution in [0, 0.1) is 0 Å². The van der Waals surface area contributed by atoms with Gasteiger partial charge in [0.15, 0.2) is 6.61 Å². The van der Waals surface area contributed by atoms with Gasteiger partial charge in [-0.3, -0.25) is 4.79 Å². The maximum atomic E-state index is 12.6. The number of nitrogens with zero attached hydrogens (tertiary/aromatic N) is 2. The number of anilines is 1. The smallest absolute Gasteiger partial charge is 0.260 e. The number of para-hydroxylation sites is 1. The first-order chi connectivity index (χ1) is 12.8. The molecule has 0 radical (unpaired) electrons. The summed E-state index contributed by atoms with van der Waals surface area (Å²) in [6, 6.07) is 16.6. The van der Waals surface area contributed by atoms with Crippen molar-refractivity contribution in [2.45, 2.75) is 25.7 Å². The minimum Gasteiger partial charge on any atom is -0.483 e. The van der Waals surface area contributed by atoms with Gasteiger partial charge in [0.1, 0.15) is 5.75 Å². The first-order valence-electron chi connectivity index (χ1n) is 9.62. The Hall–Kier alpha value is -2.49. The Morgan fingerprint density at radius 1 is 0.885 bits per heavy atom. The van der Waals surface area contributed by atoms with Crippen LogP contribution in [-0.2, 0) is 17.6 Å². The van der Waals surface area contributed by atoms with Crippen LogP contribution in [0.4, 0.5) is 5.69 Å². The Morgan fingerprint density at radius 3 is 2.46 bits per heavy atom. The Morgan fingerprint density at radius 2 is 1.65 bits per heavy atom. The zero-order chi connectivity index (χ0) is 17.8. The maximum Gasteiger partial charge on any atom is 0.260 e. The number of hydrogen-bond donors (Lipinski definition) is 0. The summed E-state index contributed by atoms with van der Waals surface area (Å²) >= 11 is 0. The van der Waals surface area contributed by atoms with Crippen molar-refractivity contribution in [3.63, 3.8) is 0 Å². The molecule has 136 valence electrons. The van der Waals surface area contributed by atoms with E-state index in [1.807, 2.05) is 23.1 Å². The van der Waals surface area contributed by atoms with Gasteiger partial charge in [0, 0.05) is 31.9 Å². The lowest BCUT2D eigenvalue weighted by Gasteiger charge is -2.36. The van der Waals surface area contributed by atoms with Gasteiger partial charge in [-0.05, 0) is 55.0 Å². The molecule has 2 aromatic carbocycles. The summed E-state index contributed by atoms with van der Waals surface area (Å²) in [6.45, 7) is 3.39. The number of benzene rings is 2. The van der Waals surface area contributed by atoms with E-state index < -0.39 is 0 Å². The third-order valence-corrected chi connectivity index (χ3v) is 5.46. The molecule has 0 N–H and O–H groups in total. The monoisotopic (exact) mass is 350 g/mol. The number of hydrogen-bond acceptors (Lipinski definition) is 3. The van der Waals surface area contributed by atoms with Crippen molar-refractivity contribution in [2.75, 3.05) is 37.7 Å². The lowest BCUT2D eigenvalue weighted by molar-refractivity contribution is -0.133. The molecule has 0 aromatic heterocycles. The van der Waals surface area contributed by atoms with Crippen molar-refractivity contribution < 1.29 is 9.53 Å². The number of ether oxygens (including phenoxy) is 1. The molecule has 0 bridgehead atoms. The molecule has 2 aromatic rings. The topological polar surface area (TPSA) is 32.8 Å². The summed E-state index contributed by atoms with van der Waals surface area (Å²) in [5, 5.41) is 0. The average molecular weight is 350 g/mol. The molecule has 4 nitrogen and oxygen atoms in total. The van der Waals surface area contributed by atoms with Gasteiger partial charge < -0.3 is 14.5 Å². The number of piperazine rings is 1. The van der Waals surface area contributed by atoms with E-state index in [1.165, 1.54) is 29.7 Å². The molecular formula is C22H26N2O2. The van der Waals surface area contributed by atoms with E-state index in [4.69, 9.17) is 4.74 Å². The van der Waals surface area contributed by atoms with E-state index in [0.29, 0.717) is 0 Å². The summed E-state index contributed by atoms with van der Waals surface area (Å²) in [5.41, 5.74) is 3.92.